The molecule has 7 nitrogen and oxygen atoms in total. The lowest BCUT2D eigenvalue weighted by Gasteiger charge is -2.22. The second kappa shape index (κ2) is 9.93. The van der Waals surface area contributed by atoms with Gasteiger partial charge in [-0.2, -0.15) is 0 Å². The highest BCUT2D eigenvalue weighted by Gasteiger charge is 2.22. The number of halogens is 1. The number of amides is 2. The molecule has 156 valence electrons. The van der Waals surface area contributed by atoms with Crippen LogP contribution >= 0.6 is 11.6 Å². The van der Waals surface area contributed by atoms with Gasteiger partial charge in [0.25, 0.3) is 0 Å². The predicted molar refractivity (Wildman–Crippen MR) is 114 cm³/mol. The molecular formula is C22H23ClN4O3. The predicted octanol–water partition coefficient (Wildman–Crippen LogP) is 4.19. The third kappa shape index (κ3) is 5.39. The number of hydrogen-bond donors (Lipinski definition) is 2. The van der Waals surface area contributed by atoms with Crippen LogP contribution in [0.1, 0.15) is 36.6 Å². The molecule has 0 saturated carbocycles. The fraction of sp³-hybridized carbons (Fsp3) is 0.227. The molecule has 0 radical (unpaired) electrons. The molecule has 0 aliphatic rings. The third-order valence-corrected chi connectivity index (χ3v) is 5.07. The summed E-state index contributed by atoms with van der Waals surface area (Å²) in [7, 11) is 1.31. The highest BCUT2D eigenvalue weighted by Crippen LogP contribution is 2.25. The van der Waals surface area contributed by atoms with E-state index < -0.39 is 18.0 Å². The van der Waals surface area contributed by atoms with Crippen LogP contribution in [0.4, 0.5) is 4.79 Å². The summed E-state index contributed by atoms with van der Waals surface area (Å²) in [4.78, 5) is 28.5. The zero-order chi connectivity index (χ0) is 21.5. The number of carbonyl (C=O) groups excluding carboxylic acids is 2. The topological polar surface area (TPSA) is 85.2 Å². The van der Waals surface area contributed by atoms with Gasteiger partial charge >= 0.3 is 12.0 Å². The SMILES string of the molecule is COC(=O)C[C@@H](NC(=O)N[C@@H](C)c1ccc(-n2ccnc2)cc1)c1ccccc1Cl. The lowest BCUT2D eigenvalue weighted by molar-refractivity contribution is -0.141. The molecule has 8 heteroatoms. The fourth-order valence-electron chi connectivity index (χ4n) is 3.07. The molecule has 0 saturated heterocycles. The van der Waals surface area contributed by atoms with Gasteiger partial charge in [0.2, 0.25) is 0 Å². The zero-order valence-corrected chi connectivity index (χ0v) is 17.5. The summed E-state index contributed by atoms with van der Waals surface area (Å²) in [6.45, 7) is 1.89. The van der Waals surface area contributed by atoms with E-state index >= 15 is 0 Å². The number of nitrogens with zero attached hydrogens (tertiary/aromatic N) is 2. The van der Waals surface area contributed by atoms with Crippen LogP contribution in [0.3, 0.4) is 0 Å². The van der Waals surface area contributed by atoms with Crippen LogP contribution in [0.15, 0.2) is 67.3 Å². The van der Waals surface area contributed by atoms with E-state index in [1.807, 2.05) is 42.0 Å². The van der Waals surface area contributed by atoms with Gasteiger partial charge in [-0.25, -0.2) is 9.78 Å². The molecule has 0 bridgehead atoms. The van der Waals surface area contributed by atoms with Crippen LogP contribution in [0, 0.1) is 0 Å². The van der Waals surface area contributed by atoms with Crippen molar-refractivity contribution in [1.82, 2.24) is 20.2 Å². The Morgan fingerprint density at radius 3 is 2.50 bits per heavy atom. The van der Waals surface area contributed by atoms with Crippen molar-refractivity contribution in [3.05, 3.63) is 83.4 Å². The van der Waals surface area contributed by atoms with Gasteiger partial charge in [0.05, 0.1) is 31.9 Å². The van der Waals surface area contributed by atoms with E-state index in [-0.39, 0.29) is 12.5 Å². The normalized spacial score (nSPS) is 12.6. The molecule has 2 atom stereocenters. The first kappa shape index (κ1) is 21.4. The molecule has 2 N–H and O–H groups in total. The van der Waals surface area contributed by atoms with E-state index in [0.29, 0.717) is 10.6 Å². The summed E-state index contributed by atoms with van der Waals surface area (Å²) in [6.07, 6.45) is 5.27. The first-order valence-electron chi connectivity index (χ1n) is 9.44. The van der Waals surface area contributed by atoms with Gasteiger partial charge in [0.15, 0.2) is 0 Å². The van der Waals surface area contributed by atoms with Gasteiger partial charge in [-0.3, -0.25) is 4.79 Å². The molecule has 30 heavy (non-hydrogen) atoms. The lowest BCUT2D eigenvalue weighted by atomic mass is 10.0. The Kier molecular flexibility index (Phi) is 7.08. The Labute approximate surface area is 180 Å². The molecule has 1 heterocycles. The highest BCUT2D eigenvalue weighted by molar-refractivity contribution is 6.31. The molecule has 3 aromatic rings. The molecule has 0 unspecified atom stereocenters. The molecule has 2 amide bonds. The number of methoxy groups -OCH3 is 1. The third-order valence-electron chi connectivity index (χ3n) is 4.73. The minimum Gasteiger partial charge on any atom is -0.469 e. The Bertz CT molecular complexity index is 990. The van der Waals surface area contributed by atoms with Crippen LogP contribution < -0.4 is 10.6 Å². The summed E-state index contributed by atoms with van der Waals surface area (Å²) in [6, 6.07) is 13.6. The number of hydrogen-bond acceptors (Lipinski definition) is 4. The average molecular weight is 427 g/mol. The summed E-state index contributed by atoms with van der Waals surface area (Å²) in [5.74, 6) is -0.441. The quantitative estimate of drug-likeness (QED) is 0.555. The number of urea groups is 1. The van der Waals surface area contributed by atoms with Crippen molar-refractivity contribution in [3.8, 4) is 5.69 Å². The standard InChI is InChI=1S/C22H23ClN4O3/c1-15(16-7-9-17(10-8-16)27-12-11-24-14-27)25-22(29)26-20(13-21(28)30-2)18-5-3-4-6-19(18)23/h3-12,14-15,20H,13H2,1-2H3,(H2,25,26,29)/t15-,20+/m0/s1. The smallest absolute Gasteiger partial charge is 0.315 e. The number of benzene rings is 2. The van der Waals surface area contributed by atoms with E-state index in [9.17, 15) is 9.59 Å². The van der Waals surface area contributed by atoms with E-state index in [2.05, 4.69) is 15.6 Å². The Morgan fingerprint density at radius 2 is 1.87 bits per heavy atom. The summed E-state index contributed by atoms with van der Waals surface area (Å²) < 4.78 is 6.65. The first-order chi connectivity index (χ1) is 14.5. The van der Waals surface area contributed by atoms with E-state index in [1.165, 1.54) is 7.11 Å². The van der Waals surface area contributed by atoms with E-state index in [4.69, 9.17) is 16.3 Å². The maximum atomic E-state index is 12.6. The van der Waals surface area contributed by atoms with Crippen molar-refractivity contribution in [2.24, 2.45) is 0 Å². The molecule has 3 rings (SSSR count). The van der Waals surface area contributed by atoms with Gasteiger partial charge in [0.1, 0.15) is 0 Å². The molecule has 0 spiro atoms. The maximum Gasteiger partial charge on any atom is 0.315 e. The van der Waals surface area contributed by atoms with Gasteiger partial charge in [0, 0.05) is 23.1 Å². The number of imidazole rings is 1. The monoisotopic (exact) mass is 426 g/mol. The van der Waals surface area contributed by atoms with Gasteiger partial charge in [-0.05, 0) is 36.2 Å². The second-order valence-corrected chi connectivity index (χ2v) is 7.16. The summed E-state index contributed by atoms with van der Waals surface area (Å²) in [5, 5.41) is 6.19. The van der Waals surface area contributed by atoms with Crippen molar-refractivity contribution in [1.29, 1.82) is 0 Å². The van der Waals surface area contributed by atoms with Crippen molar-refractivity contribution in [2.75, 3.05) is 7.11 Å². The van der Waals surface area contributed by atoms with E-state index in [1.54, 1.807) is 36.8 Å². The number of carbonyl (C=O) groups is 2. The molecular weight excluding hydrogens is 404 g/mol. The van der Waals surface area contributed by atoms with E-state index in [0.717, 1.165) is 11.3 Å². The van der Waals surface area contributed by atoms with Crippen molar-refractivity contribution < 1.29 is 14.3 Å². The Morgan fingerprint density at radius 1 is 1.13 bits per heavy atom. The number of nitrogens with one attached hydrogen (secondary N) is 2. The summed E-state index contributed by atoms with van der Waals surface area (Å²) in [5.41, 5.74) is 2.57. The largest absolute Gasteiger partial charge is 0.469 e. The minimum absolute atomic E-state index is 0.0262. The average Bonchev–Trinajstić information content (AvgIpc) is 3.28. The van der Waals surface area contributed by atoms with Crippen molar-refractivity contribution in [2.45, 2.75) is 25.4 Å². The van der Waals surface area contributed by atoms with Crippen molar-refractivity contribution >= 4 is 23.6 Å². The lowest BCUT2D eigenvalue weighted by Crippen LogP contribution is -2.40. The fourth-order valence-corrected chi connectivity index (χ4v) is 3.34. The van der Waals surface area contributed by atoms with Crippen molar-refractivity contribution in [3.63, 3.8) is 0 Å². The van der Waals surface area contributed by atoms with Gasteiger partial charge in [-0.15, -0.1) is 0 Å². The number of aromatic nitrogens is 2. The maximum absolute atomic E-state index is 12.6. The molecule has 1 aromatic heterocycles. The number of ether oxygens (including phenoxy) is 1. The van der Waals surface area contributed by atoms with Gasteiger partial charge < -0.3 is 19.9 Å². The molecule has 0 aliphatic heterocycles. The van der Waals surface area contributed by atoms with Crippen LogP contribution in [0.25, 0.3) is 5.69 Å². The Hall–Kier alpha value is -3.32. The molecule has 2 aromatic carbocycles. The second-order valence-electron chi connectivity index (χ2n) is 6.76. The van der Waals surface area contributed by atoms with Crippen LogP contribution in [-0.2, 0) is 9.53 Å². The Balaban J connectivity index is 1.67. The molecule has 0 fully saturated rings. The zero-order valence-electron chi connectivity index (χ0n) is 16.7. The highest BCUT2D eigenvalue weighted by atomic mass is 35.5. The summed E-state index contributed by atoms with van der Waals surface area (Å²) >= 11 is 6.26. The van der Waals surface area contributed by atoms with Crippen LogP contribution in [0.2, 0.25) is 5.02 Å². The molecule has 0 aliphatic carbocycles. The number of rotatable bonds is 7. The van der Waals surface area contributed by atoms with Crippen LogP contribution in [0.5, 0.6) is 0 Å². The number of esters is 1. The van der Waals surface area contributed by atoms with Crippen LogP contribution in [-0.4, -0.2) is 28.7 Å². The first-order valence-corrected chi connectivity index (χ1v) is 9.82. The minimum atomic E-state index is -0.609. The van der Waals surface area contributed by atoms with Gasteiger partial charge in [-0.1, -0.05) is 41.9 Å².